The van der Waals surface area contributed by atoms with E-state index < -0.39 is 0 Å². The first kappa shape index (κ1) is 13.0. The summed E-state index contributed by atoms with van der Waals surface area (Å²) in [5, 5.41) is 0. The van der Waals surface area contributed by atoms with Gasteiger partial charge in [0.2, 0.25) is 0 Å². The number of aryl methyl sites for hydroxylation is 1. The van der Waals surface area contributed by atoms with Crippen LogP contribution in [0.25, 0.3) is 0 Å². The highest BCUT2D eigenvalue weighted by molar-refractivity contribution is 5.55. The molecule has 0 amide bonds. The van der Waals surface area contributed by atoms with Crippen LogP contribution in [-0.2, 0) is 6.54 Å². The van der Waals surface area contributed by atoms with Gasteiger partial charge in [-0.05, 0) is 54.4 Å². The lowest BCUT2D eigenvalue weighted by Crippen LogP contribution is -2.01. The number of nitrogen functional groups attached to an aromatic ring is 2. The van der Waals surface area contributed by atoms with Gasteiger partial charge >= 0.3 is 0 Å². The first-order valence-electron chi connectivity index (χ1n) is 6.07. The second-order valence-electron chi connectivity index (χ2n) is 4.44. The van der Waals surface area contributed by atoms with Crippen LogP contribution in [0.15, 0.2) is 36.4 Å². The summed E-state index contributed by atoms with van der Waals surface area (Å²) in [6, 6.07) is 11.4. The Balaban J connectivity index is 2.33. The summed E-state index contributed by atoms with van der Waals surface area (Å²) < 4.78 is 0. The number of rotatable bonds is 1. The van der Waals surface area contributed by atoms with Gasteiger partial charge in [0.1, 0.15) is 0 Å². The Kier molecular flexibility index (Phi) is 3.74. The van der Waals surface area contributed by atoms with Crippen LogP contribution in [0.4, 0.5) is 11.4 Å². The fourth-order valence-corrected chi connectivity index (χ4v) is 1.83. The number of nitrogens with two attached hydrogens (primary N) is 3. The SMILES string of the molecule is Cc1cc(N)ccc1C#Cc1ccc(N)c(CN)c1. The molecule has 2 aromatic rings. The quantitative estimate of drug-likeness (QED) is 0.536. The maximum Gasteiger partial charge on any atom is 0.0360 e. The van der Waals surface area contributed by atoms with Crippen molar-refractivity contribution in [2.24, 2.45) is 5.73 Å². The van der Waals surface area contributed by atoms with Crippen molar-refractivity contribution >= 4 is 11.4 Å². The van der Waals surface area contributed by atoms with E-state index in [1.54, 1.807) is 0 Å². The average molecular weight is 251 g/mol. The van der Waals surface area contributed by atoms with Crippen LogP contribution in [0.5, 0.6) is 0 Å². The number of anilines is 2. The van der Waals surface area contributed by atoms with E-state index in [1.165, 1.54) is 0 Å². The average Bonchev–Trinajstić information content (AvgIpc) is 2.39. The van der Waals surface area contributed by atoms with E-state index in [1.807, 2.05) is 43.3 Å². The highest BCUT2D eigenvalue weighted by Crippen LogP contribution is 2.14. The van der Waals surface area contributed by atoms with Crippen molar-refractivity contribution < 1.29 is 0 Å². The van der Waals surface area contributed by atoms with Crippen LogP contribution >= 0.6 is 0 Å². The molecule has 0 aliphatic carbocycles. The van der Waals surface area contributed by atoms with E-state index in [4.69, 9.17) is 17.2 Å². The summed E-state index contributed by atoms with van der Waals surface area (Å²) in [6.07, 6.45) is 0. The molecule has 2 rings (SSSR count). The molecule has 3 nitrogen and oxygen atoms in total. The van der Waals surface area contributed by atoms with E-state index in [2.05, 4.69) is 11.8 Å². The van der Waals surface area contributed by atoms with Gasteiger partial charge in [-0.25, -0.2) is 0 Å². The number of benzene rings is 2. The predicted molar refractivity (Wildman–Crippen MR) is 80.3 cm³/mol. The van der Waals surface area contributed by atoms with Gasteiger partial charge in [-0.2, -0.15) is 0 Å². The summed E-state index contributed by atoms with van der Waals surface area (Å²) in [4.78, 5) is 0. The van der Waals surface area contributed by atoms with Crippen LogP contribution in [-0.4, -0.2) is 0 Å². The lowest BCUT2D eigenvalue weighted by molar-refractivity contribution is 1.07. The zero-order valence-electron chi connectivity index (χ0n) is 10.9. The third kappa shape index (κ3) is 3.06. The summed E-state index contributed by atoms with van der Waals surface area (Å²) in [7, 11) is 0. The predicted octanol–water partition coefficient (Wildman–Crippen LogP) is 2.02. The molecule has 3 heteroatoms. The van der Waals surface area contributed by atoms with Crippen LogP contribution in [0.2, 0.25) is 0 Å². The molecule has 19 heavy (non-hydrogen) atoms. The van der Waals surface area contributed by atoms with Gasteiger partial charge in [-0.1, -0.05) is 11.8 Å². The van der Waals surface area contributed by atoms with E-state index in [0.717, 1.165) is 27.9 Å². The van der Waals surface area contributed by atoms with E-state index in [0.29, 0.717) is 12.2 Å². The Morgan fingerprint density at radius 2 is 1.79 bits per heavy atom. The Bertz CT molecular complexity index is 663. The van der Waals surface area contributed by atoms with Gasteiger partial charge < -0.3 is 17.2 Å². The van der Waals surface area contributed by atoms with Gasteiger partial charge in [-0.15, -0.1) is 0 Å². The zero-order valence-corrected chi connectivity index (χ0v) is 10.9. The summed E-state index contributed by atoms with van der Waals surface area (Å²) in [5.74, 6) is 6.26. The molecule has 0 saturated heterocycles. The monoisotopic (exact) mass is 251 g/mol. The lowest BCUT2D eigenvalue weighted by atomic mass is 10.1. The highest BCUT2D eigenvalue weighted by atomic mass is 14.6. The van der Waals surface area contributed by atoms with Gasteiger partial charge in [-0.3, -0.25) is 0 Å². The molecule has 96 valence electrons. The molecule has 2 aromatic carbocycles. The molecule has 0 bridgehead atoms. The summed E-state index contributed by atoms with van der Waals surface area (Å²) in [6.45, 7) is 2.41. The largest absolute Gasteiger partial charge is 0.399 e. The van der Waals surface area contributed by atoms with Crippen molar-refractivity contribution in [3.8, 4) is 11.8 Å². The van der Waals surface area contributed by atoms with Crippen molar-refractivity contribution in [1.82, 2.24) is 0 Å². The van der Waals surface area contributed by atoms with Gasteiger partial charge in [0.25, 0.3) is 0 Å². The van der Waals surface area contributed by atoms with Crippen LogP contribution in [0, 0.1) is 18.8 Å². The van der Waals surface area contributed by atoms with E-state index >= 15 is 0 Å². The minimum Gasteiger partial charge on any atom is -0.399 e. The minimum atomic E-state index is 0.419. The van der Waals surface area contributed by atoms with Crippen LogP contribution in [0.3, 0.4) is 0 Å². The number of hydrogen-bond acceptors (Lipinski definition) is 3. The van der Waals surface area contributed by atoms with Gasteiger partial charge in [0.05, 0.1) is 0 Å². The normalized spacial score (nSPS) is 9.79. The molecule has 0 saturated carbocycles. The molecular formula is C16H17N3. The van der Waals surface area contributed by atoms with Gasteiger partial charge in [0, 0.05) is 29.0 Å². The van der Waals surface area contributed by atoms with Crippen molar-refractivity contribution in [3.05, 3.63) is 58.7 Å². The highest BCUT2D eigenvalue weighted by Gasteiger charge is 1.98. The first-order chi connectivity index (χ1) is 9.10. The fourth-order valence-electron chi connectivity index (χ4n) is 1.83. The topological polar surface area (TPSA) is 78.1 Å². The van der Waals surface area contributed by atoms with Crippen molar-refractivity contribution in [2.45, 2.75) is 13.5 Å². The lowest BCUT2D eigenvalue weighted by Gasteiger charge is -2.02. The van der Waals surface area contributed by atoms with E-state index in [9.17, 15) is 0 Å². The molecule has 6 N–H and O–H groups in total. The van der Waals surface area contributed by atoms with Crippen molar-refractivity contribution in [3.63, 3.8) is 0 Å². The van der Waals surface area contributed by atoms with Crippen LogP contribution < -0.4 is 17.2 Å². The molecule has 0 radical (unpaired) electrons. The maximum atomic E-state index is 5.81. The third-order valence-electron chi connectivity index (χ3n) is 2.95. The number of hydrogen-bond donors (Lipinski definition) is 3. The molecule has 0 fully saturated rings. The molecule has 0 aromatic heterocycles. The molecule has 0 atom stereocenters. The summed E-state index contributed by atoms with van der Waals surface area (Å²) in [5.41, 5.74) is 22.5. The molecule has 0 aliphatic heterocycles. The van der Waals surface area contributed by atoms with Crippen molar-refractivity contribution in [2.75, 3.05) is 11.5 Å². The fraction of sp³-hybridized carbons (Fsp3) is 0.125. The molecule has 0 aliphatic rings. The smallest absolute Gasteiger partial charge is 0.0360 e. The Morgan fingerprint density at radius 1 is 1.00 bits per heavy atom. The molecule has 0 spiro atoms. The molecular weight excluding hydrogens is 234 g/mol. The van der Waals surface area contributed by atoms with Crippen molar-refractivity contribution in [1.29, 1.82) is 0 Å². The Hall–Kier alpha value is -2.44. The van der Waals surface area contributed by atoms with E-state index in [-0.39, 0.29) is 0 Å². The molecule has 0 heterocycles. The second kappa shape index (κ2) is 5.47. The Labute approximate surface area is 113 Å². The van der Waals surface area contributed by atoms with Crippen LogP contribution in [0.1, 0.15) is 22.3 Å². The minimum absolute atomic E-state index is 0.419. The third-order valence-corrected chi connectivity index (χ3v) is 2.95. The standard InChI is InChI=1S/C16H17N3/c1-11-8-15(18)6-5-13(11)4-2-12-3-7-16(19)14(9-12)10-17/h3,5-9H,10,17-19H2,1H3. The maximum absolute atomic E-state index is 5.81. The van der Waals surface area contributed by atoms with Gasteiger partial charge in [0.15, 0.2) is 0 Å². The zero-order chi connectivity index (χ0) is 13.8. The molecule has 0 unspecified atom stereocenters. The Morgan fingerprint density at radius 3 is 2.47 bits per heavy atom. The summed E-state index contributed by atoms with van der Waals surface area (Å²) >= 11 is 0. The second-order valence-corrected chi connectivity index (χ2v) is 4.44. The first-order valence-corrected chi connectivity index (χ1v) is 6.07.